The normalized spacial score (nSPS) is 12.8. The SMILES string of the molecule is COc1cccnc1C(O)c1ccc(OC(F)(F)F)cc1. The fourth-order valence-electron chi connectivity index (χ4n) is 1.79. The second-order valence-corrected chi connectivity index (χ2v) is 4.11. The highest BCUT2D eigenvalue weighted by Gasteiger charge is 2.31. The molecule has 1 heterocycles. The summed E-state index contributed by atoms with van der Waals surface area (Å²) in [6, 6.07) is 8.20. The number of benzene rings is 1. The number of aliphatic hydroxyl groups excluding tert-OH is 1. The second-order valence-electron chi connectivity index (χ2n) is 4.11. The van der Waals surface area contributed by atoms with Crippen LogP contribution in [0.25, 0.3) is 0 Å². The number of methoxy groups -OCH3 is 1. The van der Waals surface area contributed by atoms with Crippen molar-refractivity contribution < 1.29 is 27.8 Å². The lowest BCUT2D eigenvalue weighted by Crippen LogP contribution is -2.17. The molecule has 4 nitrogen and oxygen atoms in total. The first kappa shape index (κ1) is 15.1. The van der Waals surface area contributed by atoms with E-state index < -0.39 is 12.5 Å². The summed E-state index contributed by atoms with van der Waals surface area (Å²) < 4.78 is 45.0. The maximum atomic E-state index is 12.1. The average molecular weight is 299 g/mol. The van der Waals surface area contributed by atoms with Crippen molar-refractivity contribution in [3.05, 3.63) is 53.9 Å². The molecule has 7 heteroatoms. The molecule has 21 heavy (non-hydrogen) atoms. The monoisotopic (exact) mass is 299 g/mol. The highest BCUT2D eigenvalue weighted by Crippen LogP contribution is 2.29. The van der Waals surface area contributed by atoms with Crippen molar-refractivity contribution >= 4 is 0 Å². The Balaban J connectivity index is 2.22. The van der Waals surface area contributed by atoms with Crippen LogP contribution >= 0.6 is 0 Å². The van der Waals surface area contributed by atoms with Crippen LogP contribution in [-0.2, 0) is 0 Å². The van der Waals surface area contributed by atoms with Crippen molar-refractivity contribution in [3.63, 3.8) is 0 Å². The van der Waals surface area contributed by atoms with E-state index in [0.29, 0.717) is 11.3 Å². The number of halogens is 3. The van der Waals surface area contributed by atoms with Crippen LogP contribution in [0.3, 0.4) is 0 Å². The lowest BCUT2D eigenvalue weighted by Gasteiger charge is -2.14. The van der Waals surface area contributed by atoms with E-state index in [1.807, 2.05) is 0 Å². The minimum absolute atomic E-state index is 0.282. The number of aromatic nitrogens is 1. The van der Waals surface area contributed by atoms with Gasteiger partial charge >= 0.3 is 6.36 Å². The number of ether oxygens (including phenoxy) is 2. The maximum Gasteiger partial charge on any atom is 0.573 e. The summed E-state index contributed by atoms with van der Waals surface area (Å²) in [6.07, 6.45) is -4.37. The van der Waals surface area contributed by atoms with E-state index in [9.17, 15) is 18.3 Å². The minimum Gasteiger partial charge on any atom is -0.495 e. The van der Waals surface area contributed by atoms with Crippen LogP contribution < -0.4 is 9.47 Å². The molecule has 0 aliphatic heterocycles. The Labute approximate surface area is 118 Å². The van der Waals surface area contributed by atoms with Crippen molar-refractivity contribution in [1.82, 2.24) is 4.98 Å². The molecule has 0 radical (unpaired) electrons. The molecule has 0 aliphatic rings. The summed E-state index contributed by atoms with van der Waals surface area (Å²) in [7, 11) is 1.44. The van der Waals surface area contributed by atoms with E-state index in [0.717, 1.165) is 12.1 Å². The van der Waals surface area contributed by atoms with E-state index in [4.69, 9.17) is 4.74 Å². The molecule has 0 fully saturated rings. The van der Waals surface area contributed by atoms with Gasteiger partial charge in [-0.05, 0) is 29.8 Å². The Kier molecular flexibility index (Phi) is 4.32. The van der Waals surface area contributed by atoms with Crippen LogP contribution in [0.15, 0.2) is 42.6 Å². The van der Waals surface area contributed by atoms with Gasteiger partial charge in [0.15, 0.2) is 0 Å². The highest BCUT2D eigenvalue weighted by atomic mass is 19.4. The molecular weight excluding hydrogens is 287 g/mol. The molecule has 0 amide bonds. The molecule has 0 spiro atoms. The lowest BCUT2D eigenvalue weighted by molar-refractivity contribution is -0.274. The molecule has 1 atom stereocenters. The average Bonchev–Trinajstić information content (AvgIpc) is 2.45. The van der Waals surface area contributed by atoms with Crippen molar-refractivity contribution in [3.8, 4) is 11.5 Å². The smallest absolute Gasteiger partial charge is 0.495 e. The van der Waals surface area contributed by atoms with Gasteiger partial charge in [0.2, 0.25) is 0 Å². The Morgan fingerprint density at radius 3 is 2.38 bits per heavy atom. The quantitative estimate of drug-likeness (QED) is 0.942. The zero-order valence-corrected chi connectivity index (χ0v) is 11.0. The Morgan fingerprint density at radius 2 is 1.81 bits per heavy atom. The molecule has 0 aliphatic carbocycles. The van der Waals surface area contributed by atoms with Crippen LogP contribution in [0.4, 0.5) is 13.2 Å². The number of rotatable bonds is 4. The number of hydrogen-bond acceptors (Lipinski definition) is 4. The fourth-order valence-corrected chi connectivity index (χ4v) is 1.79. The van der Waals surface area contributed by atoms with Gasteiger partial charge in [0.1, 0.15) is 23.3 Å². The Bertz CT molecular complexity index is 599. The number of nitrogens with zero attached hydrogens (tertiary/aromatic N) is 1. The zero-order chi connectivity index (χ0) is 15.5. The number of alkyl halides is 3. The van der Waals surface area contributed by atoms with Gasteiger partial charge in [0, 0.05) is 6.20 Å². The van der Waals surface area contributed by atoms with Crippen LogP contribution in [0, 0.1) is 0 Å². The largest absolute Gasteiger partial charge is 0.573 e. The first-order chi connectivity index (χ1) is 9.90. The summed E-state index contributed by atoms with van der Waals surface area (Å²) in [6.45, 7) is 0. The molecule has 2 rings (SSSR count). The predicted octanol–water partition coefficient (Wildman–Crippen LogP) is 3.07. The van der Waals surface area contributed by atoms with E-state index >= 15 is 0 Å². The van der Waals surface area contributed by atoms with Gasteiger partial charge in [-0.25, -0.2) is 0 Å². The van der Waals surface area contributed by atoms with Gasteiger partial charge in [-0.15, -0.1) is 13.2 Å². The summed E-state index contributed by atoms with van der Waals surface area (Å²) in [5, 5.41) is 10.2. The molecule has 0 bridgehead atoms. The zero-order valence-electron chi connectivity index (χ0n) is 11.0. The lowest BCUT2D eigenvalue weighted by atomic mass is 10.1. The van der Waals surface area contributed by atoms with E-state index in [1.54, 1.807) is 12.1 Å². The van der Waals surface area contributed by atoms with Crippen molar-refractivity contribution in [2.45, 2.75) is 12.5 Å². The highest BCUT2D eigenvalue weighted by molar-refractivity contribution is 5.37. The first-order valence-corrected chi connectivity index (χ1v) is 5.93. The molecule has 0 saturated carbocycles. The van der Waals surface area contributed by atoms with Gasteiger partial charge in [-0.1, -0.05) is 12.1 Å². The third-order valence-corrected chi connectivity index (χ3v) is 2.71. The van der Waals surface area contributed by atoms with Gasteiger partial charge in [-0.3, -0.25) is 4.98 Å². The van der Waals surface area contributed by atoms with Gasteiger partial charge in [0.25, 0.3) is 0 Å². The Hall–Kier alpha value is -2.28. The topological polar surface area (TPSA) is 51.6 Å². The molecular formula is C14H12F3NO3. The number of aliphatic hydroxyl groups is 1. The van der Waals surface area contributed by atoms with E-state index in [2.05, 4.69) is 9.72 Å². The van der Waals surface area contributed by atoms with Crippen LogP contribution in [0.1, 0.15) is 17.4 Å². The van der Waals surface area contributed by atoms with Crippen molar-refractivity contribution in [1.29, 1.82) is 0 Å². The fraction of sp³-hybridized carbons (Fsp3) is 0.214. The molecule has 1 aromatic carbocycles. The molecule has 0 saturated heterocycles. The summed E-state index contributed by atoms with van der Waals surface area (Å²) in [5.74, 6) is 0.0343. The van der Waals surface area contributed by atoms with Gasteiger partial charge < -0.3 is 14.6 Å². The predicted molar refractivity (Wildman–Crippen MR) is 68.0 cm³/mol. The van der Waals surface area contributed by atoms with Gasteiger partial charge in [-0.2, -0.15) is 0 Å². The van der Waals surface area contributed by atoms with Crippen LogP contribution in [-0.4, -0.2) is 23.6 Å². The van der Waals surface area contributed by atoms with Gasteiger partial charge in [0.05, 0.1) is 7.11 Å². The first-order valence-electron chi connectivity index (χ1n) is 5.93. The van der Waals surface area contributed by atoms with E-state index in [1.165, 1.54) is 25.4 Å². The molecule has 112 valence electrons. The number of hydrogen-bond donors (Lipinski definition) is 1. The summed E-state index contributed by atoms with van der Waals surface area (Å²) in [4.78, 5) is 4.02. The third-order valence-electron chi connectivity index (χ3n) is 2.71. The summed E-state index contributed by atoms with van der Waals surface area (Å²) in [5.41, 5.74) is 0.658. The van der Waals surface area contributed by atoms with Crippen molar-refractivity contribution in [2.75, 3.05) is 7.11 Å². The third kappa shape index (κ3) is 3.85. The van der Waals surface area contributed by atoms with Crippen molar-refractivity contribution in [2.24, 2.45) is 0 Å². The minimum atomic E-state index is -4.75. The van der Waals surface area contributed by atoms with E-state index in [-0.39, 0.29) is 11.4 Å². The molecule has 1 N–H and O–H groups in total. The summed E-state index contributed by atoms with van der Waals surface area (Å²) >= 11 is 0. The van der Waals surface area contributed by atoms with Crippen LogP contribution in [0.2, 0.25) is 0 Å². The second kappa shape index (κ2) is 6.01. The Morgan fingerprint density at radius 1 is 1.14 bits per heavy atom. The molecule has 1 unspecified atom stereocenters. The maximum absolute atomic E-state index is 12.1. The standard InChI is InChI=1S/C14H12F3NO3/c1-20-11-3-2-8-18-12(11)13(19)9-4-6-10(7-5-9)21-14(15,16)17/h2-8,13,19H,1H3. The molecule has 2 aromatic rings. The molecule has 1 aromatic heterocycles. The van der Waals surface area contributed by atoms with Crippen LogP contribution in [0.5, 0.6) is 11.5 Å². The number of pyridine rings is 1.